The molecule has 0 N–H and O–H groups in total. The fourth-order valence-electron chi connectivity index (χ4n) is 12.0. The zero-order valence-corrected chi connectivity index (χ0v) is 37.3. The van der Waals surface area contributed by atoms with Crippen LogP contribution in [0.2, 0.25) is 0 Å². The Bertz CT molecular complexity index is 4190. The molecule has 3 heterocycles. The molecule has 320 valence electrons. The molecule has 2 aliphatic carbocycles. The topological polar surface area (TPSA) is 48.5 Å². The Morgan fingerprint density at radius 2 is 0.696 bits per heavy atom. The number of aromatic nitrogens is 5. The molecule has 5 nitrogen and oxygen atoms in total. The van der Waals surface area contributed by atoms with E-state index in [1.54, 1.807) is 0 Å². The molecule has 0 bridgehead atoms. The first-order valence-corrected chi connectivity index (χ1v) is 23.6. The predicted octanol–water partition coefficient (Wildman–Crippen LogP) is 15.4. The third kappa shape index (κ3) is 5.21. The molecule has 1 atom stereocenters. The van der Waals surface area contributed by atoms with Gasteiger partial charge in [0, 0.05) is 60.7 Å². The van der Waals surface area contributed by atoms with Crippen LogP contribution in [0.1, 0.15) is 22.3 Å². The maximum atomic E-state index is 5.15. The lowest BCUT2D eigenvalue weighted by Crippen LogP contribution is -2.25. The average molecular weight is 878 g/mol. The molecule has 1 spiro atoms. The van der Waals surface area contributed by atoms with E-state index >= 15 is 0 Å². The number of benzene rings is 10. The van der Waals surface area contributed by atoms with E-state index < -0.39 is 5.41 Å². The molecule has 5 heteroatoms. The first-order valence-electron chi connectivity index (χ1n) is 23.6. The largest absolute Gasteiger partial charge is 0.309 e. The highest BCUT2D eigenvalue weighted by Gasteiger charge is 2.53. The molecule has 0 aliphatic heterocycles. The molecule has 10 aromatic carbocycles. The number of hydrogen-bond acceptors (Lipinski definition) is 3. The van der Waals surface area contributed by atoms with E-state index in [4.69, 9.17) is 15.0 Å². The van der Waals surface area contributed by atoms with Crippen LogP contribution in [0.4, 0.5) is 0 Å². The van der Waals surface area contributed by atoms with Gasteiger partial charge in [-0.05, 0) is 69.8 Å². The van der Waals surface area contributed by atoms with Crippen LogP contribution in [0.15, 0.2) is 237 Å². The van der Waals surface area contributed by atoms with Crippen molar-refractivity contribution in [3.8, 4) is 67.8 Å². The van der Waals surface area contributed by atoms with Gasteiger partial charge in [-0.3, -0.25) is 0 Å². The van der Waals surface area contributed by atoms with Crippen LogP contribution in [-0.4, -0.2) is 24.1 Å². The number of para-hydroxylation sites is 3. The summed E-state index contributed by atoms with van der Waals surface area (Å²) in [4.78, 5) is 15.3. The van der Waals surface area contributed by atoms with Gasteiger partial charge < -0.3 is 9.13 Å². The zero-order valence-electron chi connectivity index (χ0n) is 37.3. The summed E-state index contributed by atoms with van der Waals surface area (Å²) >= 11 is 0. The molecule has 13 aromatic rings. The van der Waals surface area contributed by atoms with Gasteiger partial charge in [-0.1, -0.05) is 200 Å². The lowest BCUT2D eigenvalue weighted by Gasteiger charge is -2.30. The van der Waals surface area contributed by atoms with E-state index in [0.29, 0.717) is 17.5 Å². The first-order chi connectivity index (χ1) is 34.3. The summed E-state index contributed by atoms with van der Waals surface area (Å²) < 4.78 is 4.98. The van der Waals surface area contributed by atoms with Crippen LogP contribution in [0.3, 0.4) is 0 Å². The van der Waals surface area contributed by atoms with Crippen molar-refractivity contribution >= 4 is 43.6 Å². The third-order valence-electron chi connectivity index (χ3n) is 14.8. The molecule has 0 amide bonds. The van der Waals surface area contributed by atoms with Crippen molar-refractivity contribution in [3.05, 3.63) is 259 Å². The Labute approximate surface area is 397 Å². The minimum atomic E-state index is -0.576. The number of fused-ring (bicyclic) bond motifs is 18. The Hall–Kier alpha value is -9.19. The Balaban J connectivity index is 1.02. The summed E-state index contributed by atoms with van der Waals surface area (Å²) in [5.41, 5.74) is 19.5. The zero-order chi connectivity index (χ0) is 45.2. The molecule has 0 radical (unpaired) electrons. The number of hydrogen-bond donors (Lipinski definition) is 0. The van der Waals surface area contributed by atoms with Gasteiger partial charge in [-0.2, -0.15) is 0 Å². The van der Waals surface area contributed by atoms with Crippen LogP contribution < -0.4 is 0 Å². The van der Waals surface area contributed by atoms with Gasteiger partial charge in [0.15, 0.2) is 17.5 Å². The average Bonchev–Trinajstić information content (AvgIpc) is 4.14. The van der Waals surface area contributed by atoms with Gasteiger partial charge >= 0.3 is 0 Å². The Morgan fingerprint density at radius 3 is 1.23 bits per heavy atom. The van der Waals surface area contributed by atoms with Crippen molar-refractivity contribution in [3.63, 3.8) is 0 Å². The number of rotatable bonds is 5. The summed E-state index contributed by atoms with van der Waals surface area (Å²) in [5, 5.41) is 4.93. The van der Waals surface area contributed by atoms with Gasteiger partial charge in [0.1, 0.15) is 0 Å². The highest BCUT2D eigenvalue weighted by atomic mass is 15.0. The quantitative estimate of drug-likeness (QED) is 0.173. The standard InChI is InChI=1S/C64H39N5/c1-4-19-40(20-5-1)61-65-62(41-21-6-2-7-22-41)67-63(66-61)42-23-18-26-44(39-42)69-56-34-17-13-28-46(56)48-36-38-54-58(60(48)69)50-30-11-15-32-52(50)64(54)51-31-14-10-29-49(51)57-53(64)37-35-47-45-27-12-16-33-55(45)68(59(47)57)43-24-8-3-9-25-43/h1-39H. The molecular formula is C64H39N5. The summed E-state index contributed by atoms with van der Waals surface area (Å²) in [5.74, 6) is 1.90. The summed E-state index contributed by atoms with van der Waals surface area (Å²) in [6.07, 6.45) is 0. The monoisotopic (exact) mass is 877 g/mol. The first kappa shape index (κ1) is 38.0. The summed E-state index contributed by atoms with van der Waals surface area (Å²) in [7, 11) is 0. The van der Waals surface area contributed by atoms with Gasteiger partial charge in [0.2, 0.25) is 0 Å². The Morgan fingerprint density at radius 1 is 0.290 bits per heavy atom. The minimum absolute atomic E-state index is 0.576. The van der Waals surface area contributed by atoms with Crippen molar-refractivity contribution in [2.45, 2.75) is 5.41 Å². The Kier molecular flexibility index (Phi) is 7.93. The van der Waals surface area contributed by atoms with Crippen LogP contribution in [0, 0.1) is 0 Å². The third-order valence-corrected chi connectivity index (χ3v) is 14.8. The van der Waals surface area contributed by atoms with Crippen molar-refractivity contribution in [1.82, 2.24) is 24.1 Å². The molecular weight excluding hydrogens is 839 g/mol. The van der Waals surface area contributed by atoms with Crippen molar-refractivity contribution < 1.29 is 0 Å². The van der Waals surface area contributed by atoms with Gasteiger partial charge in [-0.15, -0.1) is 0 Å². The smallest absolute Gasteiger partial charge is 0.164 e. The summed E-state index contributed by atoms with van der Waals surface area (Å²) in [6.45, 7) is 0. The van der Waals surface area contributed by atoms with E-state index in [-0.39, 0.29) is 0 Å². The molecule has 0 fully saturated rings. The van der Waals surface area contributed by atoms with Crippen LogP contribution in [-0.2, 0) is 5.41 Å². The maximum absolute atomic E-state index is 5.15. The molecule has 15 rings (SSSR count). The van der Waals surface area contributed by atoms with E-state index in [9.17, 15) is 0 Å². The second kappa shape index (κ2) is 14.4. The van der Waals surface area contributed by atoms with Crippen molar-refractivity contribution in [2.24, 2.45) is 0 Å². The fourth-order valence-corrected chi connectivity index (χ4v) is 12.0. The fraction of sp³-hybridized carbons (Fsp3) is 0.0156. The van der Waals surface area contributed by atoms with Crippen LogP contribution in [0.25, 0.3) is 111 Å². The van der Waals surface area contributed by atoms with Gasteiger partial charge in [-0.25, -0.2) is 15.0 Å². The van der Waals surface area contributed by atoms with E-state index in [2.05, 4.69) is 209 Å². The van der Waals surface area contributed by atoms with E-state index in [1.165, 1.54) is 82.6 Å². The van der Waals surface area contributed by atoms with Gasteiger partial charge in [0.05, 0.1) is 27.5 Å². The van der Waals surface area contributed by atoms with E-state index in [1.807, 2.05) is 36.4 Å². The second-order valence-electron chi connectivity index (χ2n) is 18.2. The summed E-state index contributed by atoms with van der Waals surface area (Å²) in [6, 6.07) is 85.7. The molecule has 3 aromatic heterocycles. The normalized spacial score (nSPS) is 14.4. The molecule has 2 aliphatic rings. The van der Waals surface area contributed by atoms with Crippen LogP contribution in [0.5, 0.6) is 0 Å². The second-order valence-corrected chi connectivity index (χ2v) is 18.2. The molecule has 1 unspecified atom stereocenters. The van der Waals surface area contributed by atoms with Crippen molar-refractivity contribution in [1.29, 1.82) is 0 Å². The predicted molar refractivity (Wildman–Crippen MR) is 281 cm³/mol. The highest BCUT2D eigenvalue weighted by Crippen LogP contribution is 2.65. The van der Waals surface area contributed by atoms with Gasteiger partial charge in [0.25, 0.3) is 0 Å². The number of nitrogens with zero attached hydrogens (tertiary/aromatic N) is 5. The van der Waals surface area contributed by atoms with Crippen LogP contribution >= 0.6 is 0 Å². The lowest BCUT2D eigenvalue weighted by molar-refractivity contribution is 0.794. The molecule has 0 saturated heterocycles. The SMILES string of the molecule is c1ccc(-c2nc(-c3ccccc3)nc(-c3cccc(-n4c5ccccc5c5ccc6c(c54)-c4ccccc4C64c5ccccc5-c5c4ccc4c6ccccc6n(-c6ccccc6)c54)c3)n2)cc1. The molecule has 0 saturated carbocycles. The minimum Gasteiger partial charge on any atom is -0.309 e. The van der Waals surface area contributed by atoms with E-state index in [0.717, 1.165) is 33.6 Å². The maximum Gasteiger partial charge on any atom is 0.164 e. The highest BCUT2D eigenvalue weighted by molar-refractivity contribution is 6.19. The van der Waals surface area contributed by atoms with Crippen molar-refractivity contribution in [2.75, 3.05) is 0 Å². The molecule has 69 heavy (non-hydrogen) atoms. The lowest BCUT2D eigenvalue weighted by atomic mass is 9.70.